The first kappa shape index (κ1) is 15.8. The number of allylic oxidation sites excluding steroid dienone is 3. The van der Waals surface area contributed by atoms with E-state index in [9.17, 15) is 14.4 Å². The smallest absolute Gasteiger partial charge is 0.284 e. The number of carbonyl (C=O) groups is 3. The minimum Gasteiger partial charge on any atom is -0.295 e. The fraction of sp³-hybridized carbons (Fsp3) is 0.158. The molecule has 24 heavy (non-hydrogen) atoms. The average molecular weight is 320 g/mol. The van der Waals surface area contributed by atoms with Gasteiger partial charge in [0.1, 0.15) is 11.4 Å². The number of ketones is 1. The van der Waals surface area contributed by atoms with E-state index in [1.165, 1.54) is 11.8 Å². The topological polar surface area (TPSA) is 66.8 Å². The van der Waals surface area contributed by atoms with E-state index >= 15 is 0 Å². The van der Waals surface area contributed by atoms with Crippen molar-refractivity contribution in [1.29, 1.82) is 0 Å². The van der Waals surface area contributed by atoms with Crippen molar-refractivity contribution in [1.82, 2.24) is 4.90 Å². The number of aliphatic imine (C=N–C) groups is 1. The van der Waals surface area contributed by atoms with E-state index in [4.69, 9.17) is 0 Å². The molecule has 0 N–H and O–H groups in total. The second-order valence-corrected chi connectivity index (χ2v) is 5.70. The average Bonchev–Trinajstić information content (AvgIpc) is 2.55. The van der Waals surface area contributed by atoms with Crippen molar-refractivity contribution < 1.29 is 14.4 Å². The monoisotopic (exact) mass is 320 g/mol. The number of rotatable bonds is 3. The summed E-state index contributed by atoms with van der Waals surface area (Å²) in [6.45, 7) is 3.23. The Kier molecular flexibility index (Phi) is 4.08. The summed E-state index contributed by atoms with van der Waals surface area (Å²) in [6, 6.07) is 7.20. The molecule has 5 heteroatoms. The fourth-order valence-corrected chi connectivity index (χ4v) is 2.83. The van der Waals surface area contributed by atoms with E-state index in [0.29, 0.717) is 23.4 Å². The molecule has 0 bridgehead atoms. The van der Waals surface area contributed by atoms with Crippen molar-refractivity contribution in [2.24, 2.45) is 4.99 Å². The van der Waals surface area contributed by atoms with Crippen LogP contribution in [0.15, 0.2) is 64.8 Å². The highest BCUT2D eigenvalue weighted by molar-refractivity contribution is 6.30. The van der Waals surface area contributed by atoms with Gasteiger partial charge < -0.3 is 0 Å². The van der Waals surface area contributed by atoms with E-state index in [2.05, 4.69) is 4.99 Å². The van der Waals surface area contributed by atoms with Crippen LogP contribution in [0.5, 0.6) is 0 Å². The zero-order valence-electron chi connectivity index (χ0n) is 13.4. The molecule has 0 saturated carbocycles. The molecule has 0 fully saturated rings. The van der Waals surface area contributed by atoms with E-state index in [1.54, 1.807) is 43.5 Å². The van der Waals surface area contributed by atoms with Gasteiger partial charge in [-0.1, -0.05) is 35.9 Å². The molecule has 2 aliphatic rings. The number of hydrogen-bond acceptors (Lipinski definition) is 3. The highest BCUT2D eigenvalue weighted by Crippen LogP contribution is 2.23. The molecule has 2 amide bonds. The molecule has 1 aromatic carbocycles. The maximum absolute atomic E-state index is 12.6. The Morgan fingerprint density at radius 3 is 2.62 bits per heavy atom. The molecule has 5 nitrogen and oxygen atoms in total. The van der Waals surface area contributed by atoms with Crippen LogP contribution < -0.4 is 0 Å². The van der Waals surface area contributed by atoms with Gasteiger partial charge in [0.25, 0.3) is 11.8 Å². The lowest BCUT2D eigenvalue weighted by Gasteiger charge is -2.25. The van der Waals surface area contributed by atoms with Crippen molar-refractivity contribution in [3.05, 3.63) is 71.0 Å². The number of amides is 2. The van der Waals surface area contributed by atoms with Crippen molar-refractivity contribution in [3.63, 3.8) is 0 Å². The zero-order valence-corrected chi connectivity index (χ0v) is 13.4. The van der Waals surface area contributed by atoms with Gasteiger partial charge in [-0.25, -0.2) is 0 Å². The third-order valence-corrected chi connectivity index (χ3v) is 3.98. The second-order valence-electron chi connectivity index (χ2n) is 5.70. The van der Waals surface area contributed by atoms with Crippen molar-refractivity contribution in [3.8, 4) is 0 Å². The van der Waals surface area contributed by atoms with Gasteiger partial charge in [0, 0.05) is 11.8 Å². The molecule has 2 aliphatic heterocycles. The summed E-state index contributed by atoms with van der Waals surface area (Å²) >= 11 is 0. The molecule has 120 valence electrons. The molecule has 3 rings (SSSR count). The molecule has 0 saturated heterocycles. The summed E-state index contributed by atoms with van der Waals surface area (Å²) in [7, 11) is 0. The van der Waals surface area contributed by atoms with Gasteiger partial charge in [-0.2, -0.15) is 4.99 Å². The predicted octanol–water partition coefficient (Wildman–Crippen LogP) is 2.60. The van der Waals surface area contributed by atoms with E-state index in [1.807, 2.05) is 12.1 Å². The minimum absolute atomic E-state index is 0.0471. The molecule has 0 radical (unpaired) electrons. The second kappa shape index (κ2) is 6.20. The fourth-order valence-electron chi connectivity index (χ4n) is 2.83. The standard InChI is InChI=1S/C19H16N2O3/c1-12(11-14-7-3-4-8-15(14)13(2)22)17-18(23)20-16-9-5-6-10-21(16)19(17)24/h3-10H,11H2,1-2H3/b17-12+. The molecule has 0 atom stereocenters. The van der Waals surface area contributed by atoms with Gasteiger partial charge in [-0.15, -0.1) is 0 Å². The zero-order chi connectivity index (χ0) is 17.3. The van der Waals surface area contributed by atoms with Crippen LogP contribution in [-0.2, 0) is 16.0 Å². The van der Waals surface area contributed by atoms with Crippen molar-refractivity contribution in [2.75, 3.05) is 0 Å². The first-order valence-electron chi connectivity index (χ1n) is 7.59. The normalized spacial score (nSPS) is 18.4. The highest BCUT2D eigenvalue weighted by Gasteiger charge is 2.32. The molecule has 0 aromatic heterocycles. The maximum atomic E-state index is 12.6. The van der Waals surface area contributed by atoms with Gasteiger partial charge in [0.05, 0.1) is 0 Å². The molecular formula is C19H16N2O3. The Morgan fingerprint density at radius 1 is 1.12 bits per heavy atom. The van der Waals surface area contributed by atoms with Crippen LogP contribution in [-0.4, -0.2) is 28.3 Å². The van der Waals surface area contributed by atoms with Gasteiger partial charge in [0.2, 0.25) is 0 Å². The van der Waals surface area contributed by atoms with Crippen LogP contribution in [0.1, 0.15) is 29.8 Å². The Hall–Kier alpha value is -3.08. The summed E-state index contributed by atoms with van der Waals surface area (Å²) in [5, 5.41) is 0. The Bertz CT molecular complexity index is 872. The van der Waals surface area contributed by atoms with Crippen LogP contribution in [0.2, 0.25) is 0 Å². The van der Waals surface area contributed by atoms with Crippen LogP contribution in [0.25, 0.3) is 0 Å². The summed E-state index contributed by atoms with van der Waals surface area (Å²) in [6.07, 6.45) is 6.99. The highest BCUT2D eigenvalue weighted by atomic mass is 16.2. The third kappa shape index (κ3) is 2.76. The summed E-state index contributed by atoms with van der Waals surface area (Å²) in [5.74, 6) is -0.644. The van der Waals surface area contributed by atoms with Gasteiger partial charge in [0.15, 0.2) is 5.78 Å². The van der Waals surface area contributed by atoms with Crippen LogP contribution in [0.3, 0.4) is 0 Å². The number of nitrogens with zero attached hydrogens (tertiary/aromatic N) is 2. The molecule has 0 unspecified atom stereocenters. The Balaban J connectivity index is 2.00. The van der Waals surface area contributed by atoms with E-state index in [-0.39, 0.29) is 17.3 Å². The first-order valence-corrected chi connectivity index (χ1v) is 7.59. The lowest BCUT2D eigenvalue weighted by atomic mass is 9.94. The van der Waals surface area contributed by atoms with Crippen LogP contribution >= 0.6 is 0 Å². The quantitative estimate of drug-likeness (QED) is 0.488. The lowest BCUT2D eigenvalue weighted by molar-refractivity contribution is -0.126. The Labute approximate surface area is 139 Å². The summed E-state index contributed by atoms with van der Waals surface area (Å²) < 4.78 is 0. The Morgan fingerprint density at radius 2 is 1.88 bits per heavy atom. The van der Waals surface area contributed by atoms with Crippen LogP contribution in [0, 0.1) is 0 Å². The first-order chi connectivity index (χ1) is 11.5. The van der Waals surface area contributed by atoms with E-state index < -0.39 is 5.91 Å². The van der Waals surface area contributed by atoms with E-state index in [0.717, 1.165) is 5.56 Å². The number of Topliss-reactive ketones (excluding diaryl/α,β-unsaturated/α-hetero) is 1. The lowest BCUT2D eigenvalue weighted by Crippen LogP contribution is -2.40. The third-order valence-electron chi connectivity index (χ3n) is 3.98. The summed E-state index contributed by atoms with van der Waals surface area (Å²) in [4.78, 5) is 42.0. The molecule has 0 spiro atoms. The van der Waals surface area contributed by atoms with Crippen molar-refractivity contribution >= 4 is 23.4 Å². The number of fused-ring (bicyclic) bond motifs is 1. The SMILES string of the molecule is CC(=O)c1ccccc1C/C(C)=C1\C(=O)N=C2C=CC=CN2C1=O. The van der Waals surface area contributed by atoms with Gasteiger partial charge in [-0.05, 0) is 38.0 Å². The predicted molar refractivity (Wildman–Crippen MR) is 90.4 cm³/mol. The number of carbonyl (C=O) groups excluding carboxylic acids is 3. The largest absolute Gasteiger partial charge is 0.295 e. The number of benzene rings is 1. The van der Waals surface area contributed by atoms with Gasteiger partial charge in [-0.3, -0.25) is 19.3 Å². The molecule has 0 aliphatic carbocycles. The number of hydrogen-bond donors (Lipinski definition) is 0. The van der Waals surface area contributed by atoms with Gasteiger partial charge >= 0.3 is 0 Å². The van der Waals surface area contributed by atoms with Crippen LogP contribution in [0.4, 0.5) is 0 Å². The molecular weight excluding hydrogens is 304 g/mol. The summed E-state index contributed by atoms with van der Waals surface area (Å²) in [5.41, 5.74) is 2.05. The maximum Gasteiger partial charge on any atom is 0.284 e. The molecule has 1 aromatic rings. The number of amidine groups is 1. The minimum atomic E-state index is -0.538. The molecule has 2 heterocycles. The van der Waals surface area contributed by atoms with Crippen molar-refractivity contribution in [2.45, 2.75) is 20.3 Å².